The van der Waals surface area contributed by atoms with Gasteiger partial charge in [0.1, 0.15) is 9.71 Å². The van der Waals surface area contributed by atoms with Crippen molar-refractivity contribution in [2.75, 3.05) is 24.6 Å². The lowest BCUT2D eigenvalue weighted by Crippen LogP contribution is -2.29. The van der Waals surface area contributed by atoms with Crippen molar-refractivity contribution in [2.24, 2.45) is 0 Å². The smallest absolute Gasteiger partial charge is 0.348 e. The summed E-state index contributed by atoms with van der Waals surface area (Å²) in [6, 6.07) is 1.91. The SMILES string of the molecule is CCOC(=O)c1cc2sc(N3CCCCC3)nc2s1. The van der Waals surface area contributed by atoms with Crippen LogP contribution in [0.15, 0.2) is 6.07 Å². The molecule has 0 unspecified atom stereocenters. The average Bonchev–Trinajstić information content (AvgIpc) is 2.98. The number of nitrogens with zero attached hydrogens (tertiary/aromatic N) is 2. The van der Waals surface area contributed by atoms with Crippen molar-refractivity contribution in [1.29, 1.82) is 0 Å². The second kappa shape index (κ2) is 5.46. The largest absolute Gasteiger partial charge is 0.462 e. The molecule has 0 atom stereocenters. The maximum Gasteiger partial charge on any atom is 0.348 e. The predicted octanol–water partition coefficient (Wildman–Crippen LogP) is 3.52. The Labute approximate surface area is 120 Å². The number of thiazole rings is 1. The summed E-state index contributed by atoms with van der Waals surface area (Å²) in [5.74, 6) is -0.239. The predicted molar refractivity (Wildman–Crippen MR) is 79.5 cm³/mol. The van der Waals surface area contributed by atoms with Crippen LogP contribution < -0.4 is 4.90 Å². The summed E-state index contributed by atoms with van der Waals surface area (Å²) in [4.78, 5) is 20.3. The molecule has 3 rings (SSSR count). The zero-order chi connectivity index (χ0) is 13.2. The van der Waals surface area contributed by atoms with Crippen LogP contribution in [0.5, 0.6) is 0 Å². The standard InChI is InChI=1S/C13H16N2O2S2/c1-2-17-12(16)10-8-9-11(18-10)14-13(19-9)15-6-4-3-5-7-15/h8H,2-7H2,1H3. The molecule has 0 N–H and O–H groups in total. The van der Waals surface area contributed by atoms with Gasteiger partial charge in [-0.15, -0.1) is 11.3 Å². The van der Waals surface area contributed by atoms with Gasteiger partial charge in [0, 0.05) is 13.1 Å². The number of carbonyl (C=O) groups excluding carboxylic acids is 1. The first-order chi connectivity index (χ1) is 9.28. The summed E-state index contributed by atoms with van der Waals surface area (Å²) in [7, 11) is 0. The minimum Gasteiger partial charge on any atom is -0.462 e. The minimum atomic E-state index is -0.239. The van der Waals surface area contributed by atoms with Crippen molar-refractivity contribution in [2.45, 2.75) is 26.2 Å². The van der Waals surface area contributed by atoms with E-state index in [1.807, 2.05) is 13.0 Å². The third kappa shape index (κ3) is 2.60. The van der Waals surface area contributed by atoms with Gasteiger partial charge in [-0.3, -0.25) is 0 Å². The van der Waals surface area contributed by atoms with Crippen molar-refractivity contribution in [3.63, 3.8) is 0 Å². The molecule has 3 heterocycles. The van der Waals surface area contributed by atoms with Crippen LogP contribution in [0.3, 0.4) is 0 Å². The number of aromatic nitrogens is 1. The van der Waals surface area contributed by atoms with Gasteiger partial charge < -0.3 is 9.64 Å². The molecular formula is C13H16N2O2S2. The van der Waals surface area contributed by atoms with Gasteiger partial charge in [0.05, 0.1) is 11.3 Å². The summed E-state index contributed by atoms with van der Waals surface area (Å²) < 4.78 is 6.10. The first-order valence-electron chi connectivity index (χ1n) is 6.60. The molecule has 1 aliphatic heterocycles. The van der Waals surface area contributed by atoms with Crippen molar-refractivity contribution >= 4 is 43.3 Å². The van der Waals surface area contributed by atoms with E-state index in [4.69, 9.17) is 4.74 Å². The van der Waals surface area contributed by atoms with Gasteiger partial charge in [-0.2, -0.15) is 0 Å². The summed E-state index contributed by atoms with van der Waals surface area (Å²) in [6.45, 7) is 4.44. The molecule has 1 saturated heterocycles. The van der Waals surface area contributed by atoms with Gasteiger partial charge in [0.2, 0.25) is 0 Å². The number of anilines is 1. The highest BCUT2D eigenvalue weighted by Crippen LogP contribution is 2.35. The molecule has 2 aromatic rings. The first kappa shape index (κ1) is 12.9. The number of fused-ring (bicyclic) bond motifs is 1. The lowest BCUT2D eigenvalue weighted by atomic mass is 10.1. The molecule has 19 heavy (non-hydrogen) atoms. The number of esters is 1. The molecule has 0 saturated carbocycles. The third-order valence-electron chi connectivity index (χ3n) is 3.18. The number of piperidine rings is 1. The molecule has 0 aromatic carbocycles. The van der Waals surface area contributed by atoms with Gasteiger partial charge in [-0.05, 0) is 32.3 Å². The van der Waals surface area contributed by atoms with E-state index in [0.717, 1.165) is 27.8 Å². The number of rotatable bonds is 3. The van der Waals surface area contributed by atoms with Crippen LogP contribution in [0.25, 0.3) is 9.53 Å². The van der Waals surface area contributed by atoms with Gasteiger partial charge in [0.15, 0.2) is 5.13 Å². The van der Waals surface area contributed by atoms with Crippen molar-refractivity contribution in [1.82, 2.24) is 4.98 Å². The van der Waals surface area contributed by atoms with E-state index in [1.165, 1.54) is 30.6 Å². The molecule has 4 nitrogen and oxygen atoms in total. The Morgan fingerprint density at radius 1 is 1.37 bits per heavy atom. The van der Waals surface area contributed by atoms with Gasteiger partial charge in [0.25, 0.3) is 0 Å². The van der Waals surface area contributed by atoms with E-state index >= 15 is 0 Å². The fraction of sp³-hybridized carbons (Fsp3) is 0.538. The summed E-state index contributed by atoms with van der Waals surface area (Å²) in [6.07, 6.45) is 3.83. The number of hydrogen-bond donors (Lipinski definition) is 0. The Kier molecular flexibility index (Phi) is 3.70. The zero-order valence-electron chi connectivity index (χ0n) is 10.8. The van der Waals surface area contributed by atoms with E-state index in [9.17, 15) is 4.79 Å². The summed E-state index contributed by atoms with van der Waals surface area (Å²) in [5, 5.41) is 1.09. The molecule has 0 aliphatic carbocycles. The normalized spacial score (nSPS) is 15.9. The molecule has 1 aliphatic rings. The highest BCUT2D eigenvalue weighted by Gasteiger charge is 2.18. The van der Waals surface area contributed by atoms with E-state index in [0.29, 0.717) is 11.5 Å². The number of hydrogen-bond acceptors (Lipinski definition) is 6. The first-order valence-corrected chi connectivity index (χ1v) is 8.23. The average molecular weight is 296 g/mol. The number of carbonyl (C=O) groups is 1. The second-order valence-corrected chi connectivity index (χ2v) is 6.58. The number of thiophene rings is 1. The Morgan fingerprint density at radius 3 is 2.84 bits per heavy atom. The Balaban J connectivity index is 1.82. The van der Waals surface area contributed by atoms with Crippen molar-refractivity contribution < 1.29 is 9.53 Å². The Morgan fingerprint density at radius 2 is 2.16 bits per heavy atom. The topological polar surface area (TPSA) is 42.4 Å². The van der Waals surface area contributed by atoms with E-state index in [1.54, 1.807) is 11.3 Å². The van der Waals surface area contributed by atoms with Crippen LogP contribution in [0.2, 0.25) is 0 Å². The molecule has 0 spiro atoms. The number of ether oxygens (including phenoxy) is 1. The fourth-order valence-corrected chi connectivity index (χ4v) is 4.40. The van der Waals surface area contributed by atoms with Gasteiger partial charge >= 0.3 is 5.97 Å². The van der Waals surface area contributed by atoms with Crippen LogP contribution in [-0.2, 0) is 4.74 Å². The molecule has 0 radical (unpaired) electrons. The highest BCUT2D eigenvalue weighted by atomic mass is 32.1. The van der Waals surface area contributed by atoms with Crippen LogP contribution in [0.4, 0.5) is 5.13 Å². The third-order valence-corrected chi connectivity index (χ3v) is 5.38. The minimum absolute atomic E-state index is 0.239. The van der Waals surface area contributed by atoms with E-state index < -0.39 is 0 Å². The molecule has 2 aromatic heterocycles. The maximum absolute atomic E-state index is 11.7. The van der Waals surface area contributed by atoms with E-state index in [2.05, 4.69) is 9.88 Å². The maximum atomic E-state index is 11.7. The fourth-order valence-electron chi connectivity index (χ4n) is 2.25. The van der Waals surface area contributed by atoms with E-state index in [-0.39, 0.29) is 5.97 Å². The van der Waals surface area contributed by atoms with Crippen molar-refractivity contribution in [3.05, 3.63) is 10.9 Å². The molecule has 0 bridgehead atoms. The van der Waals surface area contributed by atoms with Crippen molar-refractivity contribution in [3.8, 4) is 0 Å². The van der Waals surface area contributed by atoms with Crippen LogP contribution in [0, 0.1) is 0 Å². The Hall–Kier alpha value is -1.14. The summed E-state index contributed by atoms with van der Waals surface area (Å²) >= 11 is 3.11. The molecule has 0 amide bonds. The van der Waals surface area contributed by atoms with Crippen LogP contribution in [-0.4, -0.2) is 30.6 Å². The molecule has 1 fully saturated rings. The summed E-state index contributed by atoms with van der Waals surface area (Å²) in [5.41, 5.74) is 0. The molecule has 6 heteroatoms. The quantitative estimate of drug-likeness (QED) is 0.813. The van der Waals surface area contributed by atoms with Crippen LogP contribution in [0.1, 0.15) is 35.9 Å². The highest BCUT2D eigenvalue weighted by molar-refractivity contribution is 7.29. The molecule has 102 valence electrons. The van der Waals surface area contributed by atoms with Gasteiger partial charge in [-0.25, -0.2) is 9.78 Å². The monoisotopic (exact) mass is 296 g/mol. The zero-order valence-corrected chi connectivity index (χ0v) is 12.5. The van der Waals surface area contributed by atoms with Crippen LogP contribution >= 0.6 is 22.7 Å². The second-order valence-electron chi connectivity index (χ2n) is 4.54. The Bertz CT molecular complexity index is 553. The lowest BCUT2D eigenvalue weighted by Gasteiger charge is -2.25. The molecular weight excluding hydrogens is 280 g/mol. The lowest BCUT2D eigenvalue weighted by molar-refractivity contribution is 0.0532. The van der Waals surface area contributed by atoms with Gasteiger partial charge in [-0.1, -0.05) is 11.3 Å².